The van der Waals surface area contributed by atoms with Gasteiger partial charge in [-0.05, 0) is 23.8 Å². The van der Waals surface area contributed by atoms with Gasteiger partial charge in [-0.1, -0.05) is 0 Å². The van der Waals surface area contributed by atoms with E-state index in [1.807, 2.05) is 0 Å². The predicted molar refractivity (Wildman–Crippen MR) is 83.4 cm³/mol. The highest BCUT2D eigenvalue weighted by Crippen LogP contribution is 2.26. The number of methoxy groups -OCH3 is 2. The van der Waals surface area contributed by atoms with E-state index in [0.717, 1.165) is 0 Å². The minimum atomic E-state index is -0.899. The van der Waals surface area contributed by atoms with E-state index < -0.39 is 6.10 Å². The summed E-state index contributed by atoms with van der Waals surface area (Å²) in [5.74, 6) is 1.30. The summed E-state index contributed by atoms with van der Waals surface area (Å²) in [4.78, 5) is 12.0. The zero-order valence-electron chi connectivity index (χ0n) is 13.0. The summed E-state index contributed by atoms with van der Waals surface area (Å²) in [5.41, 5.74) is 6.37. The van der Waals surface area contributed by atoms with Gasteiger partial charge >= 0.3 is 0 Å². The van der Waals surface area contributed by atoms with Gasteiger partial charge in [0.25, 0.3) is 5.91 Å². The Hall–Kier alpha value is -2.51. The second kappa shape index (κ2) is 7.66. The molecule has 4 N–H and O–H groups in total. The molecule has 1 atom stereocenters. The number of nitrogens with two attached hydrogens (primary N) is 1. The molecule has 0 bridgehead atoms. The van der Waals surface area contributed by atoms with Crippen molar-refractivity contribution in [3.63, 3.8) is 0 Å². The van der Waals surface area contributed by atoms with Crippen LogP contribution in [0.5, 0.6) is 11.5 Å². The van der Waals surface area contributed by atoms with E-state index in [1.54, 1.807) is 24.3 Å². The third-order valence-corrected chi connectivity index (χ3v) is 3.33. The smallest absolute Gasteiger partial charge is 0.254 e. The van der Waals surface area contributed by atoms with Crippen LogP contribution in [0, 0.1) is 0 Å². The molecule has 0 aliphatic rings. The molecule has 23 heavy (non-hydrogen) atoms. The lowest BCUT2D eigenvalue weighted by Crippen LogP contribution is -2.28. The van der Waals surface area contributed by atoms with Crippen LogP contribution in [0.2, 0.25) is 0 Å². The topological polar surface area (TPSA) is 107 Å². The van der Waals surface area contributed by atoms with Gasteiger partial charge in [-0.15, -0.1) is 0 Å². The lowest BCUT2D eigenvalue weighted by atomic mass is 10.1. The highest BCUT2D eigenvalue weighted by atomic mass is 16.5. The maximum atomic E-state index is 12.0. The first-order valence-corrected chi connectivity index (χ1v) is 7.04. The van der Waals surface area contributed by atoms with Crippen LogP contribution in [0.1, 0.15) is 27.8 Å². The molecule has 0 saturated heterocycles. The first-order valence-electron chi connectivity index (χ1n) is 7.04. The van der Waals surface area contributed by atoms with Gasteiger partial charge in [0.1, 0.15) is 23.5 Å². The van der Waals surface area contributed by atoms with Crippen molar-refractivity contribution in [2.75, 3.05) is 20.8 Å². The van der Waals surface area contributed by atoms with Crippen molar-refractivity contribution in [2.45, 2.75) is 12.6 Å². The van der Waals surface area contributed by atoms with E-state index in [2.05, 4.69) is 5.32 Å². The molecule has 7 nitrogen and oxygen atoms in total. The number of aliphatic hydroxyl groups is 1. The van der Waals surface area contributed by atoms with Crippen LogP contribution < -0.4 is 20.5 Å². The first kappa shape index (κ1) is 16.9. The summed E-state index contributed by atoms with van der Waals surface area (Å²) in [6.07, 6.45) is 0.433. The third-order valence-electron chi connectivity index (χ3n) is 3.33. The van der Waals surface area contributed by atoms with Gasteiger partial charge in [-0.25, -0.2) is 0 Å². The fourth-order valence-electron chi connectivity index (χ4n) is 2.04. The van der Waals surface area contributed by atoms with Crippen molar-refractivity contribution in [2.24, 2.45) is 5.73 Å². The standard InChI is InChI=1S/C16H20N2O5/c1-21-12-3-10(4-13(6-12)22-2)15(19)8-18-16(20)11-5-14(7-17)23-9-11/h3-6,9,15,19H,7-8,17H2,1-2H3,(H,18,20). The van der Waals surface area contributed by atoms with Crippen molar-refractivity contribution in [1.82, 2.24) is 5.32 Å². The monoisotopic (exact) mass is 320 g/mol. The molecule has 0 aliphatic carbocycles. The van der Waals surface area contributed by atoms with Crippen LogP contribution in [-0.4, -0.2) is 31.8 Å². The number of nitrogens with one attached hydrogen (secondary N) is 1. The Labute approximate surface area is 134 Å². The molecular weight excluding hydrogens is 300 g/mol. The quantitative estimate of drug-likeness (QED) is 0.708. The average Bonchev–Trinajstić information content (AvgIpc) is 3.08. The number of furan rings is 1. The van der Waals surface area contributed by atoms with E-state index in [0.29, 0.717) is 28.4 Å². The van der Waals surface area contributed by atoms with Crippen molar-refractivity contribution in [1.29, 1.82) is 0 Å². The number of hydrogen-bond acceptors (Lipinski definition) is 6. The fourth-order valence-corrected chi connectivity index (χ4v) is 2.04. The highest BCUT2D eigenvalue weighted by Gasteiger charge is 2.14. The van der Waals surface area contributed by atoms with Crippen LogP contribution >= 0.6 is 0 Å². The number of aliphatic hydroxyl groups excluding tert-OH is 1. The normalized spacial score (nSPS) is 11.8. The van der Waals surface area contributed by atoms with Gasteiger partial charge in [0.2, 0.25) is 0 Å². The molecule has 1 heterocycles. The summed E-state index contributed by atoms with van der Waals surface area (Å²) < 4.78 is 15.4. The van der Waals surface area contributed by atoms with Gasteiger partial charge in [0.15, 0.2) is 0 Å². The molecule has 0 saturated carbocycles. The minimum Gasteiger partial charge on any atom is -0.497 e. The SMILES string of the molecule is COc1cc(OC)cc(C(O)CNC(=O)c2coc(CN)c2)c1. The molecule has 1 unspecified atom stereocenters. The number of carbonyl (C=O) groups excluding carboxylic acids is 1. The lowest BCUT2D eigenvalue weighted by molar-refractivity contribution is 0.0915. The van der Waals surface area contributed by atoms with E-state index in [9.17, 15) is 9.90 Å². The predicted octanol–water partition coefficient (Wildman–Crippen LogP) is 1.22. The summed E-state index contributed by atoms with van der Waals surface area (Å²) in [6, 6.07) is 6.64. The highest BCUT2D eigenvalue weighted by molar-refractivity contribution is 5.93. The molecule has 0 aliphatic heterocycles. The average molecular weight is 320 g/mol. The summed E-state index contributed by atoms with van der Waals surface area (Å²) in [7, 11) is 3.06. The Balaban J connectivity index is 2.01. The van der Waals surface area contributed by atoms with Gasteiger partial charge in [-0.3, -0.25) is 4.79 Å². The molecule has 2 rings (SSSR count). The number of amides is 1. The maximum absolute atomic E-state index is 12.0. The molecule has 1 aromatic heterocycles. The first-order chi connectivity index (χ1) is 11.1. The maximum Gasteiger partial charge on any atom is 0.254 e. The van der Waals surface area contributed by atoms with Crippen LogP contribution in [0.3, 0.4) is 0 Å². The number of ether oxygens (including phenoxy) is 2. The summed E-state index contributed by atoms with van der Waals surface area (Å²) >= 11 is 0. The van der Waals surface area contributed by atoms with Gasteiger partial charge in [-0.2, -0.15) is 0 Å². The molecular formula is C16H20N2O5. The largest absolute Gasteiger partial charge is 0.497 e. The van der Waals surface area contributed by atoms with Crippen LogP contribution in [0.4, 0.5) is 0 Å². The van der Waals surface area contributed by atoms with Crippen molar-refractivity contribution in [3.8, 4) is 11.5 Å². The molecule has 124 valence electrons. The van der Waals surface area contributed by atoms with Gasteiger partial charge in [0, 0.05) is 12.6 Å². The number of hydrogen-bond donors (Lipinski definition) is 3. The second-order valence-corrected chi connectivity index (χ2v) is 4.88. The number of carbonyl (C=O) groups is 1. The fraction of sp³-hybridized carbons (Fsp3) is 0.312. The molecule has 0 fully saturated rings. The van der Waals surface area contributed by atoms with Crippen LogP contribution in [0.25, 0.3) is 0 Å². The molecule has 0 spiro atoms. The molecule has 1 aromatic carbocycles. The lowest BCUT2D eigenvalue weighted by Gasteiger charge is -2.14. The zero-order valence-corrected chi connectivity index (χ0v) is 13.0. The van der Waals surface area contributed by atoms with Crippen LogP contribution in [0.15, 0.2) is 34.9 Å². The molecule has 2 aromatic rings. The Morgan fingerprint density at radius 1 is 1.26 bits per heavy atom. The van der Waals surface area contributed by atoms with E-state index >= 15 is 0 Å². The third kappa shape index (κ3) is 4.24. The van der Waals surface area contributed by atoms with E-state index in [4.69, 9.17) is 19.6 Å². The summed E-state index contributed by atoms with van der Waals surface area (Å²) in [5, 5.41) is 12.9. The Morgan fingerprint density at radius 2 is 1.91 bits per heavy atom. The van der Waals surface area contributed by atoms with Crippen molar-refractivity contribution < 1.29 is 23.8 Å². The number of rotatable bonds is 7. The van der Waals surface area contributed by atoms with Crippen molar-refractivity contribution >= 4 is 5.91 Å². The molecule has 0 radical (unpaired) electrons. The Morgan fingerprint density at radius 3 is 2.43 bits per heavy atom. The zero-order chi connectivity index (χ0) is 16.8. The van der Waals surface area contributed by atoms with Crippen molar-refractivity contribution in [3.05, 3.63) is 47.4 Å². The van der Waals surface area contributed by atoms with E-state index in [1.165, 1.54) is 20.5 Å². The molecule has 7 heteroatoms. The second-order valence-electron chi connectivity index (χ2n) is 4.88. The van der Waals surface area contributed by atoms with Gasteiger partial charge in [0.05, 0.1) is 32.4 Å². The molecule has 1 amide bonds. The van der Waals surface area contributed by atoms with Gasteiger partial charge < -0.3 is 30.0 Å². The minimum absolute atomic E-state index is 0.0400. The Kier molecular flexibility index (Phi) is 5.61. The Bertz CT molecular complexity index is 646. The number of benzene rings is 1. The van der Waals surface area contributed by atoms with Crippen LogP contribution in [-0.2, 0) is 6.54 Å². The summed E-state index contributed by atoms with van der Waals surface area (Å²) in [6.45, 7) is 0.262. The van der Waals surface area contributed by atoms with E-state index in [-0.39, 0.29) is 19.0 Å².